The van der Waals surface area contributed by atoms with E-state index in [0.717, 1.165) is 16.9 Å². The molecule has 28 heavy (non-hydrogen) atoms. The third-order valence-corrected chi connectivity index (χ3v) is 5.80. The van der Waals surface area contributed by atoms with Crippen LogP contribution in [-0.2, 0) is 23.5 Å². The first kappa shape index (κ1) is 18.8. The number of pyridine rings is 1. The standard InChI is InChI=1S/C21H22N4O2S/c1-4-26-19-16(11-22)15-10-21(2,3)27-12-17(15)18-23-24-20(25(18)19)28-13-14-8-6-5-7-9-14/h5-9H,4,10,12-13H2,1-3H3. The Morgan fingerprint density at radius 3 is 2.75 bits per heavy atom. The van der Waals surface area contributed by atoms with Gasteiger partial charge in [-0.15, -0.1) is 10.2 Å². The zero-order valence-electron chi connectivity index (χ0n) is 16.2. The topological polar surface area (TPSA) is 72.4 Å². The number of ether oxygens (including phenoxy) is 2. The lowest BCUT2D eigenvalue weighted by Gasteiger charge is -2.32. The molecule has 4 rings (SSSR count). The molecule has 0 unspecified atom stereocenters. The van der Waals surface area contributed by atoms with E-state index in [1.807, 2.05) is 43.4 Å². The van der Waals surface area contributed by atoms with Crippen molar-refractivity contribution in [3.05, 3.63) is 52.6 Å². The molecule has 0 amide bonds. The zero-order valence-corrected chi connectivity index (χ0v) is 17.0. The molecule has 144 valence electrons. The largest absolute Gasteiger partial charge is 0.478 e. The van der Waals surface area contributed by atoms with Crippen LogP contribution >= 0.6 is 11.8 Å². The first-order valence-corrected chi connectivity index (χ1v) is 10.3. The summed E-state index contributed by atoms with van der Waals surface area (Å²) in [5, 5.41) is 19.5. The van der Waals surface area contributed by atoms with E-state index in [9.17, 15) is 5.26 Å². The lowest BCUT2D eigenvalue weighted by molar-refractivity contribution is -0.0398. The molecule has 3 heterocycles. The van der Waals surface area contributed by atoms with Crippen LogP contribution in [0.5, 0.6) is 5.88 Å². The third-order valence-electron chi connectivity index (χ3n) is 4.80. The van der Waals surface area contributed by atoms with Gasteiger partial charge in [0.05, 0.1) is 18.8 Å². The van der Waals surface area contributed by atoms with E-state index >= 15 is 0 Å². The summed E-state index contributed by atoms with van der Waals surface area (Å²) < 4.78 is 13.8. The number of rotatable bonds is 5. The van der Waals surface area contributed by atoms with Crippen LogP contribution in [-0.4, -0.2) is 26.8 Å². The summed E-state index contributed by atoms with van der Waals surface area (Å²) in [6, 6.07) is 12.6. The summed E-state index contributed by atoms with van der Waals surface area (Å²) in [6.07, 6.45) is 0.640. The van der Waals surface area contributed by atoms with Crippen molar-refractivity contribution in [2.24, 2.45) is 0 Å². The van der Waals surface area contributed by atoms with Crippen LogP contribution in [0.15, 0.2) is 35.5 Å². The number of fused-ring (bicyclic) bond motifs is 3. The summed E-state index contributed by atoms with van der Waals surface area (Å²) in [5.41, 5.74) is 4.03. The quantitative estimate of drug-likeness (QED) is 0.606. The second-order valence-corrected chi connectivity index (χ2v) is 8.27. The average molecular weight is 395 g/mol. The molecule has 1 aliphatic rings. The molecule has 0 fully saturated rings. The monoisotopic (exact) mass is 394 g/mol. The summed E-state index contributed by atoms with van der Waals surface area (Å²) in [6.45, 7) is 6.86. The predicted octanol–water partition coefficient (Wildman–Crippen LogP) is 4.14. The number of hydrogen-bond donors (Lipinski definition) is 0. The number of thioether (sulfide) groups is 1. The molecule has 0 radical (unpaired) electrons. The highest BCUT2D eigenvalue weighted by Gasteiger charge is 2.33. The fraction of sp³-hybridized carbons (Fsp3) is 0.381. The van der Waals surface area contributed by atoms with E-state index < -0.39 is 0 Å². The number of hydrogen-bond acceptors (Lipinski definition) is 6. The van der Waals surface area contributed by atoms with E-state index in [2.05, 4.69) is 28.4 Å². The molecule has 0 aliphatic carbocycles. The minimum absolute atomic E-state index is 0.328. The Morgan fingerprint density at radius 2 is 2.04 bits per heavy atom. The van der Waals surface area contributed by atoms with Gasteiger partial charge in [0.15, 0.2) is 10.8 Å². The molecule has 0 bridgehead atoms. The van der Waals surface area contributed by atoms with Crippen LogP contribution in [0, 0.1) is 11.3 Å². The van der Waals surface area contributed by atoms with Crippen molar-refractivity contribution in [3.8, 4) is 11.9 Å². The first-order chi connectivity index (χ1) is 13.5. The van der Waals surface area contributed by atoms with Crippen molar-refractivity contribution in [1.82, 2.24) is 14.6 Å². The third kappa shape index (κ3) is 3.34. The van der Waals surface area contributed by atoms with E-state index in [-0.39, 0.29) is 5.60 Å². The molecule has 1 aliphatic heterocycles. The van der Waals surface area contributed by atoms with Crippen LogP contribution in [0.25, 0.3) is 5.65 Å². The van der Waals surface area contributed by atoms with Gasteiger partial charge in [-0.2, -0.15) is 5.26 Å². The maximum atomic E-state index is 9.94. The summed E-state index contributed by atoms with van der Waals surface area (Å²) in [5.74, 6) is 1.28. The minimum Gasteiger partial charge on any atom is -0.478 e. The van der Waals surface area contributed by atoms with Gasteiger partial charge >= 0.3 is 0 Å². The Bertz CT molecular complexity index is 1050. The second kappa shape index (κ2) is 7.46. The SMILES string of the molecule is CCOc1c(C#N)c2c(c3nnc(SCc4ccccc4)n13)COC(C)(C)C2. The lowest BCUT2D eigenvalue weighted by atomic mass is 9.89. The predicted molar refractivity (Wildman–Crippen MR) is 107 cm³/mol. The maximum Gasteiger partial charge on any atom is 0.220 e. The van der Waals surface area contributed by atoms with Gasteiger partial charge in [0.25, 0.3) is 0 Å². The van der Waals surface area contributed by atoms with Crippen molar-refractivity contribution in [3.63, 3.8) is 0 Å². The van der Waals surface area contributed by atoms with Crippen molar-refractivity contribution in [1.29, 1.82) is 5.26 Å². The van der Waals surface area contributed by atoms with Crippen LogP contribution < -0.4 is 4.74 Å². The van der Waals surface area contributed by atoms with Gasteiger partial charge in [-0.3, -0.25) is 0 Å². The molecule has 0 N–H and O–H groups in total. The summed E-state index contributed by atoms with van der Waals surface area (Å²) in [4.78, 5) is 0. The van der Waals surface area contributed by atoms with Crippen LogP contribution in [0.1, 0.15) is 43.0 Å². The Balaban J connectivity index is 1.84. The van der Waals surface area contributed by atoms with Gasteiger partial charge in [0.2, 0.25) is 5.88 Å². The van der Waals surface area contributed by atoms with Crippen LogP contribution in [0.2, 0.25) is 0 Å². The van der Waals surface area contributed by atoms with Crippen molar-refractivity contribution >= 4 is 17.4 Å². The molecule has 0 atom stereocenters. The molecule has 0 saturated heterocycles. The average Bonchev–Trinajstić information content (AvgIpc) is 3.10. The van der Waals surface area contributed by atoms with E-state index in [1.54, 1.807) is 11.8 Å². The van der Waals surface area contributed by atoms with Gasteiger partial charge in [-0.05, 0) is 31.9 Å². The Kier molecular flexibility index (Phi) is 5.00. The smallest absolute Gasteiger partial charge is 0.220 e. The van der Waals surface area contributed by atoms with Crippen molar-refractivity contribution in [2.75, 3.05) is 6.61 Å². The number of aromatic nitrogens is 3. The van der Waals surface area contributed by atoms with Crippen LogP contribution in [0.3, 0.4) is 0 Å². The summed E-state index contributed by atoms with van der Waals surface area (Å²) in [7, 11) is 0. The van der Waals surface area contributed by atoms with E-state index in [0.29, 0.717) is 41.9 Å². The molecular formula is C21H22N4O2S. The molecule has 7 heteroatoms. The molecule has 0 saturated carbocycles. The molecule has 1 aromatic carbocycles. The fourth-order valence-electron chi connectivity index (χ4n) is 3.47. The highest BCUT2D eigenvalue weighted by atomic mass is 32.2. The molecule has 6 nitrogen and oxygen atoms in total. The highest BCUT2D eigenvalue weighted by molar-refractivity contribution is 7.98. The Morgan fingerprint density at radius 1 is 1.25 bits per heavy atom. The van der Waals surface area contributed by atoms with Gasteiger partial charge in [0.1, 0.15) is 11.6 Å². The lowest BCUT2D eigenvalue weighted by Crippen LogP contribution is -2.33. The zero-order chi connectivity index (χ0) is 19.7. The van der Waals surface area contributed by atoms with Gasteiger partial charge in [0, 0.05) is 17.7 Å². The molecule has 3 aromatic rings. The van der Waals surface area contributed by atoms with Crippen molar-refractivity contribution < 1.29 is 9.47 Å². The second-order valence-electron chi connectivity index (χ2n) is 7.32. The first-order valence-electron chi connectivity index (χ1n) is 9.30. The van der Waals surface area contributed by atoms with Gasteiger partial charge < -0.3 is 9.47 Å². The molecule has 2 aromatic heterocycles. The van der Waals surface area contributed by atoms with Crippen molar-refractivity contribution in [2.45, 2.75) is 50.3 Å². The maximum absolute atomic E-state index is 9.94. The van der Waals surface area contributed by atoms with Gasteiger partial charge in [-0.1, -0.05) is 42.1 Å². The van der Waals surface area contributed by atoms with Crippen LogP contribution in [0.4, 0.5) is 0 Å². The number of benzene rings is 1. The van der Waals surface area contributed by atoms with Gasteiger partial charge in [-0.25, -0.2) is 4.40 Å². The van der Waals surface area contributed by atoms with E-state index in [4.69, 9.17) is 9.47 Å². The minimum atomic E-state index is -0.328. The summed E-state index contributed by atoms with van der Waals surface area (Å²) >= 11 is 1.58. The Hall–Kier alpha value is -2.56. The number of nitrogens with zero attached hydrogens (tertiary/aromatic N) is 4. The molecule has 0 spiro atoms. The fourth-order valence-corrected chi connectivity index (χ4v) is 4.36. The molecular weight excluding hydrogens is 372 g/mol. The van der Waals surface area contributed by atoms with E-state index in [1.165, 1.54) is 5.56 Å². The number of nitriles is 1. The normalized spacial score (nSPS) is 15.2. The highest BCUT2D eigenvalue weighted by Crippen LogP contribution is 2.38. The Labute approximate surface area is 168 Å².